The van der Waals surface area contributed by atoms with Gasteiger partial charge in [-0.2, -0.15) is 0 Å². The minimum Gasteiger partial charge on any atom is -0.481 e. The molecule has 0 heterocycles. The molecule has 21 heavy (non-hydrogen) atoms. The van der Waals surface area contributed by atoms with Gasteiger partial charge in [0.05, 0.1) is 5.92 Å². The first-order valence-corrected chi connectivity index (χ1v) is 7.88. The lowest BCUT2D eigenvalue weighted by molar-refractivity contribution is -0.143. The van der Waals surface area contributed by atoms with Crippen LogP contribution in [0.15, 0.2) is 0 Å². The predicted octanol–water partition coefficient (Wildman–Crippen LogP) is 1.61. The maximum Gasteiger partial charge on any atom is 0.317 e. The highest BCUT2D eigenvalue weighted by molar-refractivity contribution is 5.77. The van der Waals surface area contributed by atoms with E-state index in [4.69, 9.17) is 0 Å². The number of urea groups is 1. The van der Waals surface area contributed by atoms with Crippen molar-refractivity contribution in [3.63, 3.8) is 0 Å². The molecule has 0 aromatic heterocycles. The molecule has 1 aliphatic rings. The number of amides is 2. The summed E-state index contributed by atoms with van der Waals surface area (Å²) in [5.41, 5.74) is 0. The monoisotopic (exact) mass is 299 g/mol. The van der Waals surface area contributed by atoms with Crippen LogP contribution in [-0.2, 0) is 4.79 Å². The number of hydrogen-bond donors (Lipinski definition) is 2. The molecule has 0 aromatic rings. The second-order valence-electron chi connectivity index (χ2n) is 6.08. The molecule has 0 aliphatic heterocycles. The number of carbonyl (C=O) groups is 2. The molecule has 0 aromatic carbocycles. The summed E-state index contributed by atoms with van der Waals surface area (Å²) in [5, 5.41) is 12.2. The fourth-order valence-electron chi connectivity index (χ4n) is 2.75. The Labute approximate surface area is 127 Å². The molecule has 6 nitrogen and oxygen atoms in total. The first-order valence-electron chi connectivity index (χ1n) is 7.88. The normalized spacial score (nSPS) is 22.1. The van der Waals surface area contributed by atoms with Crippen LogP contribution in [0, 0.1) is 5.92 Å². The maximum absolute atomic E-state index is 12.4. The van der Waals surface area contributed by atoms with Gasteiger partial charge < -0.3 is 20.2 Å². The minimum atomic E-state index is -0.796. The zero-order valence-electron chi connectivity index (χ0n) is 13.5. The molecular weight excluding hydrogens is 270 g/mol. The third-order valence-corrected chi connectivity index (χ3v) is 3.99. The summed E-state index contributed by atoms with van der Waals surface area (Å²) in [4.78, 5) is 27.5. The van der Waals surface area contributed by atoms with Crippen molar-refractivity contribution in [3.8, 4) is 0 Å². The van der Waals surface area contributed by atoms with Crippen LogP contribution in [0.25, 0.3) is 0 Å². The van der Waals surface area contributed by atoms with Crippen LogP contribution in [0.5, 0.6) is 0 Å². The van der Waals surface area contributed by atoms with E-state index in [0.717, 1.165) is 32.2 Å². The zero-order valence-corrected chi connectivity index (χ0v) is 13.5. The van der Waals surface area contributed by atoms with Gasteiger partial charge in [0.1, 0.15) is 0 Å². The highest BCUT2D eigenvalue weighted by Crippen LogP contribution is 2.24. The van der Waals surface area contributed by atoms with Crippen molar-refractivity contribution in [1.29, 1.82) is 0 Å². The number of nitrogens with zero attached hydrogens (tertiary/aromatic N) is 2. The SMILES string of the molecule is CCCN(CCN(C)C)C(=O)NC1CCCCC1C(=O)O. The zero-order chi connectivity index (χ0) is 15.8. The van der Waals surface area contributed by atoms with E-state index in [1.54, 1.807) is 4.90 Å². The van der Waals surface area contributed by atoms with Gasteiger partial charge in [0.15, 0.2) is 0 Å². The summed E-state index contributed by atoms with van der Waals surface area (Å²) in [6.45, 7) is 4.21. The van der Waals surface area contributed by atoms with E-state index in [2.05, 4.69) is 5.32 Å². The van der Waals surface area contributed by atoms with E-state index < -0.39 is 11.9 Å². The van der Waals surface area contributed by atoms with E-state index in [-0.39, 0.29) is 12.1 Å². The van der Waals surface area contributed by atoms with Crippen molar-refractivity contribution in [1.82, 2.24) is 15.1 Å². The third kappa shape index (κ3) is 5.91. The van der Waals surface area contributed by atoms with Gasteiger partial charge in [0, 0.05) is 25.7 Å². The molecule has 0 saturated heterocycles. The minimum absolute atomic E-state index is 0.128. The van der Waals surface area contributed by atoms with Crippen LogP contribution in [0.4, 0.5) is 4.79 Å². The van der Waals surface area contributed by atoms with Gasteiger partial charge in [-0.15, -0.1) is 0 Å². The van der Waals surface area contributed by atoms with Crippen molar-refractivity contribution in [2.75, 3.05) is 33.7 Å². The number of carboxylic acids is 1. The predicted molar refractivity (Wildman–Crippen MR) is 82.3 cm³/mol. The van der Waals surface area contributed by atoms with Gasteiger partial charge in [0.2, 0.25) is 0 Å². The van der Waals surface area contributed by atoms with Gasteiger partial charge in [0.25, 0.3) is 0 Å². The number of carbonyl (C=O) groups excluding carboxylic acids is 1. The number of rotatable bonds is 7. The summed E-state index contributed by atoms with van der Waals surface area (Å²) in [5.74, 6) is -1.24. The van der Waals surface area contributed by atoms with E-state index in [1.165, 1.54) is 0 Å². The number of likely N-dealkylation sites (N-methyl/N-ethyl adjacent to an activating group) is 1. The van der Waals surface area contributed by atoms with Crippen molar-refractivity contribution < 1.29 is 14.7 Å². The Balaban J connectivity index is 2.59. The Hall–Kier alpha value is -1.30. The number of nitrogens with one attached hydrogen (secondary N) is 1. The Morgan fingerprint density at radius 2 is 1.81 bits per heavy atom. The molecule has 2 unspecified atom stereocenters. The van der Waals surface area contributed by atoms with Crippen LogP contribution in [-0.4, -0.2) is 66.7 Å². The van der Waals surface area contributed by atoms with Crippen LogP contribution >= 0.6 is 0 Å². The summed E-state index contributed by atoms with van der Waals surface area (Å²) in [6.07, 6.45) is 4.23. The molecule has 2 atom stereocenters. The van der Waals surface area contributed by atoms with Gasteiger partial charge in [-0.3, -0.25) is 4.79 Å². The molecule has 1 rings (SSSR count). The first-order chi connectivity index (χ1) is 9.95. The van der Waals surface area contributed by atoms with E-state index in [1.807, 2.05) is 25.9 Å². The molecule has 0 spiro atoms. The largest absolute Gasteiger partial charge is 0.481 e. The smallest absolute Gasteiger partial charge is 0.317 e. The van der Waals surface area contributed by atoms with Gasteiger partial charge in [-0.05, 0) is 33.4 Å². The lowest BCUT2D eigenvalue weighted by Crippen LogP contribution is -2.51. The van der Waals surface area contributed by atoms with Gasteiger partial charge >= 0.3 is 12.0 Å². The van der Waals surface area contributed by atoms with Gasteiger partial charge in [-0.1, -0.05) is 19.8 Å². The summed E-state index contributed by atoms with van der Waals surface area (Å²) in [6, 6.07) is -0.362. The average Bonchev–Trinajstić information content (AvgIpc) is 2.43. The molecular formula is C15H29N3O3. The lowest BCUT2D eigenvalue weighted by atomic mass is 9.84. The highest BCUT2D eigenvalue weighted by atomic mass is 16.4. The number of hydrogen-bond acceptors (Lipinski definition) is 3. The molecule has 0 radical (unpaired) electrons. The fourth-order valence-corrected chi connectivity index (χ4v) is 2.75. The maximum atomic E-state index is 12.4. The molecule has 1 fully saturated rings. The van der Waals surface area contributed by atoms with E-state index >= 15 is 0 Å². The topological polar surface area (TPSA) is 72.9 Å². The molecule has 2 N–H and O–H groups in total. The third-order valence-electron chi connectivity index (χ3n) is 3.99. The average molecular weight is 299 g/mol. The Morgan fingerprint density at radius 3 is 2.38 bits per heavy atom. The molecule has 1 saturated carbocycles. The fraction of sp³-hybridized carbons (Fsp3) is 0.867. The van der Waals surface area contributed by atoms with Crippen molar-refractivity contribution in [3.05, 3.63) is 0 Å². The van der Waals surface area contributed by atoms with Crippen molar-refractivity contribution in [2.24, 2.45) is 5.92 Å². The number of carboxylic acid groups (broad SMARTS) is 1. The first kappa shape index (κ1) is 17.8. The van der Waals surface area contributed by atoms with Crippen molar-refractivity contribution in [2.45, 2.75) is 45.1 Å². The molecule has 1 aliphatic carbocycles. The Morgan fingerprint density at radius 1 is 1.14 bits per heavy atom. The van der Waals surface area contributed by atoms with Crippen LogP contribution in [0.2, 0.25) is 0 Å². The number of aliphatic carboxylic acids is 1. The Bertz CT molecular complexity index is 347. The van der Waals surface area contributed by atoms with Crippen LogP contribution in [0.1, 0.15) is 39.0 Å². The second kappa shape index (κ2) is 8.87. The molecule has 122 valence electrons. The second-order valence-corrected chi connectivity index (χ2v) is 6.08. The van der Waals surface area contributed by atoms with E-state index in [0.29, 0.717) is 19.5 Å². The molecule has 2 amide bonds. The highest BCUT2D eigenvalue weighted by Gasteiger charge is 2.32. The molecule has 6 heteroatoms. The summed E-state index contributed by atoms with van der Waals surface area (Å²) < 4.78 is 0. The van der Waals surface area contributed by atoms with Gasteiger partial charge in [-0.25, -0.2) is 4.79 Å². The van der Waals surface area contributed by atoms with E-state index in [9.17, 15) is 14.7 Å². The lowest BCUT2D eigenvalue weighted by Gasteiger charge is -2.32. The standard InChI is InChI=1S/C15H29N3O3/c1-4-9-18(11-10-17(2)3)15(21)16-13-8-6-5-7-12(13)14(19)20/h12-13H,4-11H2,1-3H3,(H,16,21)(H,19,20). The summed E-state index contributed by atoms with van der Waals surface area (Å²) in [7, 11) is 3.95. The quantitative estimate of drug-likeness (QED) is 0.749. The molecule has 0 bridgehead atoms. The Kier molecular flexibility index (Phi) is 7.50. The van der Waals surface area contributed by atoms with Crippen LogP contribution in [0.3, 0.4) is 0 Å². The van der Waals surface area contributed by atoms with Crippen LogP contribution < -0.4 is 5.32 Å². The summed E-state index contributed by atoms with van der Waals surface area (Å²) >= 11 is 0. The van der Waals surface area contributed by atoms with Crippen molar-refractivity contribution >= 4 is 12.0 Å².